The van der Waals surface area contributed by atoms with Crippen LogP contribution in [0.1, 0.15) is 36.8 Å². The minimum Gasteiger partial charge on any atom is -0.504 e. The van der Waals surface area contributed by atoms with E-state index in [-0.39, 0.29) is 24.5 Å². The Morgan fingerprint density at radius 2 is 1.62 bits per heavy atom. The Morgan fingerprint density at radius 1 is 1.00 bits per heavy atom. The van der Waals surface area contributed by atoms with Gasteiger partial charge in [0.15, 0.2) is 11.9 Å². The molecule has 1 aliphatic heterocycles. The normalized spacial score (nSPS) is 19.0. The van der Waals surface area contributed by atoms with E-state index in [1.807, 2.05) is 55.5 Å². The molecule has 0 spiro atoms. The Balaban J connectivity index is 1.91. The van der Waals surface area contributed by atoms with Crippen LogP contribution in [-0.4, -0.2) is 34.7 Å². The summed E-state index contributed by atoms with van der Waals surface area (Å²) in [6.07, 6.45) is 0.391. The van der Waals surface area contributed by atoms with Crippen LogP contribution in [0, 0.1) is 5.92 Å². The molecule has 2 aromatic rings. The number of rotatable bonds is 8. The van der Waals surface area contributed by atoms with Gasteiger partial charge in [0, 0.05) is 18.4 Å². The molecule has 0 fully saturated rings. The summed E-state index contributed by atoms with van der Waals surface area (Å²) >= 11 is 0. The van der Waals surface area contributed by atoms with Crippen molar-refractivity contribution in [1.29, 1.82) is 0 Å². The Hall–Kier alpha value is -2.92. The summed E-state index contributed by atoms with van der Waals surface area (Å²) in [4.78, 5) is 25.8. The Kier molecular flexibility index (Phi) is 6.83. The number of ether oxygens (including phenoxy) is 1. The SMILES string of the molecule is CCC(Cc1ccccc1)C1OC(=O)C(C(CCO)c2ccccc2)=C(O)C1=O. The third kappa shape index (κ3) is 4.57. The molecule has 0 radical (unpaired) electrons. The van der Waals surface area contributed by atoms with Gasteiger partial charge in [-0.25, -0.2) is 4.79 Å². The standard InChI is InChI=1S/C24H26O5/c1-2-17(15-16-9-5-3-6-10-16)23-22(27)21(26)20(24(28)29-23)19(13-14-25)18-11-7-4-8-12-18/h3-12,17,19,23,25-26H,2,13-15H2,1H3. The van der Waals surface area contributed by atoms with Crippen LogP contribution in [0.2, 0.25) is 0 Å². The molecule has 0 saturated carbocycles. The minimum atomic E-state index is -1.01. The molecule has 29 heavy (non-hydrogen) atoms. The van der Waals surface area contributed by atoms with E-state index in [0.717, 1.165) is 11.1 Å². The Bertz CT molecular complexity index is 873. The highest BCUT2D eigenvalue weighted by Gasteiger charge is 2.43. The first-order valence-corrected chi connectivity index (χ1v) is 9.94. The van der Waals surface area contributed by atoms with Gasteiger partial charge in [-0.2, -0.15) is 0 Å². The molecule has 1 aliphatic rings. The van der Waals surface area contributed by atoms with Crippen molar-refractivity contribution in [3.05, 3.63) is 83.1 Å². The van der Waals surface area contributed by atoms with Crippen LogP contribution in [0.5, 0.6) is 0 Å². The molecule has 1 heterocycles. The molecule has 0 aliphatic carbocycles. The van der Waals surface area contributed by atoms with Gasteiger partial charge in [-0.3, -0.25) is 4.79 Å². The smallest absolute Gasteiger partial charge is 0.339 e. The minimum absolute atomic E-state index is 0.0685. The predicted molar refractivity (Wildman–Crippen MR) is 109 cm³/mol. The summed E-state index contributed by atoms with van der Waals surface area (Å²) in [6.45, 7) is 1.75. The first kappa shape index (κ1) is 20.8. The van der Waals surface area contributed by atoms with E-state index < -0.39 is 29.5 Å². The molecular weight excluding hydrogens is 368 g/mol. The molecule has 5 heteroatoms. The number of aliphatic hydroxyl groups is 2. The monoisotopic (exact) mass is 394 g/mol. The number of aliphatic hydroxyl groups excluding tert-OH is 2. The number of benzene rings is 2. The van der Waals surface area contributed by atoms with Crippen LogP contribution >= 0.6 is 0 Å². The molecular formula is C24H26O5. The third-order valence-corrected chi connectivity index (χ3v) is 5.46. The molecule has 0 amide bonds. The van der Waals surface area contributed by atoms with E-state index in [0.29, 0.717) is 12.8 Å². The Labute approximate surface area is 170 Å². The van der Waals surface area contributed by atoms with Crippen molar-refractivity contribution >= 4 is 11.8 Å². The van der Waals surface area contributed by atoms with Gasteiger partial charge >= 0.3 is 5.97 Å². The van der Waals surface area contributed by atoms with Gasteiger partial charge in [0.05, 0.1) is 5.57 Å². The fourth-order valence-electron chi connectivity index (χ4n) is 3.89. The number of ketones is 1. The van der Waals surface area contributed by atoms with E-state index >= 15 is 0 Å². The van der Waals surface area contributed by atoms with Gasteiger partial charge in [-0.1, -0.05) is 67.6 Å². The maximum Gasteiger partial charge on any atom is 0.339 e. The van der Waals surface area contributed by atoms with Gasteiger partial charge in [0.2, 0.25) is 5.78 Å². The van der Waals surface area contributed by atoms with Gasteiger partial charge < -0.3 is 14.9 Å². The molecule has 3 atom stereocenters. The zero-order chi connectivity index (χ0) is 20.8. The van der Waals surface area contributed by atoms with Crippen molar-refractivity contribution in [2.75, 3.05) is 6.61 Å². The van der Waals surface area contributed by atoms with Crippen molar-refractivity contribution in [2.45, 2.75) is 38.2 Å². The van der Waals surface area contributed by atoms with E-state index in [2.05, 4.69) is 0 Å². The number of hydrogen-bond acceptors (Lipinski definition) is 5. The molecule has 0 bridgehead atoms. The molecule has 2 aromatic carbocycles. The zero-order valence-electron chi connectivity index (χ0n) is 16.5. The molecule has 5 nitrogen and oxygen atoms in total. The molecule has 3 rings (SSSR count). The van der Waals surface area contributed by atoms with Crippen LogP contribution in [0.4, 0.5) is 0 Å². The van der Waals surface area contributed by atoms with Crippen molar-refractivity contribution in [3.8, 4) is 0 Å². The quantitative estimate of drug-likeness (QED) is 0.667. The van der Waals surface area contributed by atoms with Crippen molar-refractivity contribution < 1.29 is 24.5 Å². The second-order valence-corrected chi connectivity index (χ2v) is 7.29. The van der Waals surface area contributed by atoms with E-state index in [1.165, 1.54) is 0 Å². The number of cyclic esters (lactones) is 1. The number of Topliss-reactive ketones (excluding diaryl/α,β-unsaturated/α-hetero) is 1. The van der Waals surface area contributed by atoms with Gasteiger partial charge in [0.1, 0.15) is 0 Å². The lowest BCUT2D eigenvalue weighted by Crippen LogP contribution is -2.42. The highest BCUT2D eigenvalue weighted by atomic mass is 16.6. The van der Waals surface area contributed by atoms with Crippen molar-refractivity contribution in [2.24, 2.45) is 5.92 Å². The predicted octanol–water partition coefficient (Wildman–Crippen LogP) is 3.73. The second-order valence-electron chi connectivity index (χ2n) is 7.29. The van der Waals surface area contributed by atoms with Crippen LogP contribution in [0.3, 0.4) is 0 Å². The van der Waals surface area contributed by atoms with Crippen LogP contribution < -0.4 is 0 Å². The average Bonchev–Trinajstić information content (AvgIpc) is 2.75. The molecule has 0 saturated heterocycles. The largest absolute Gasteiger partial charge is 0.504 e. The molecule has 3 unspecified atom stereocenters. The molecule has 0 aromatic heterocycles. The van der Waals surface area contributed by atoms with E-state index in [9.17, 15) is 19.8 Å². The van der Waals surface area contributed by atoms with Crippen molar-refractivity contribution in [3.63, 3.8) is 0 Å². The molecule has 152 valence electrons. The summed E-state index contributed by atoms with van der Waals surface area (Å²) in [5.41, 5.74) is 1.71. The first-order chi connectivity index (χ1) is 14.1. The van der Waals surface area contributed by atoms with Crippen LogP contribution in [-0.2, 0) is 20.7 Å². The number of carbonyl (C=O) groups excluding carboxylic acids is 2. The lowest BCUT2D eigenvalue weighted by Gasteiger charge is -2.31. The van der Waals surface area contributed by atoms with Crippen molar-refractivity contribution in [1.82, 2.24) is 0 Å². The van der Waals surface area contributed by atoms with E-state index in [4.69, 9.17) is 4.74 Å². The number of carbonyl (C=O) groups is 2. The summed E-state index contributed by atoms with van der Waals surface area (Å²) in [7, 11) is 0. The maximum atomic E-state index is 13.0. The lowest BCUT2D eigenvalue weighted by atomic mass is 9.82. The maximum absolute atomic E-state index is 13.0. The topological polar surface area (TPSA) is 83.8 Å². The fourth-order valence-corrected chi connectivity index (χ4v) is 3.89. The summed E-state index contributed by atoms with van der Waals surface area (Å²) in [5, 5.41) is 20.2. The van der Waals surface area contributed by atoms with Gasteiger partial charge in [-0.05, 0) is 30.4 Å². The molecule has 2 N–H and O–H groups in total. The summed E-state index contributed by atoms with van der Waals surface area (Å²) in [6, 6.07) is 18.7. The number of hydrogen-bond donors (Lipinski definition) is 2. The second kappa shape index (κ2) is 9.52. The summed E-state index contributed by atoms with van der Waals surface area (Å²) < 4.78 is 5.57. The highest BCUT2D eigenvalue weighted by molar-refractivity contribution is 6.09. The zero-order valence-corrected chi connectivity index (χ0v) is 16.5. The average molecular weight is 394 g/mol. The van der Waals surface area contributed by atoms with Gasteiger partial charge in [0.25, 0.3) is 0 Å². The highest BCUT2D eigenvalue weighted by Crippen LogP contribution is 2.35. The van der Waals surface area contributed by atoms with E-state index in [1.54, 1.807) is 12.1 Å². The summed E-state index contributed by atoms with van der Waals surface area (Å²) in [5.74, 6) is -2.64. The van der Waals surface area contributed by atoms with Gasteiger partial charge in [-0.15, -0.1) is 0 Å². The first-order valence-electron chi connectivity index (χ1n) is 9.94. The lowest BCUT2D eigenvalue weighted by molar-refractivity contribution is -0.158. The third-order valence-electron chi connectivity index (χ3n) is 5.46. The van der Waals surface area contributed by atoms with Crippen LogP contribution in [0.15, 0.2) is 72.0 Å². The fraction of sp³-hybridized carbons (Fsp3) is 0.333. The number of esters is 1. The van der Waals surface area contributed by atoms with Crippen LogP contribution in [0.25, 0.3) is 0 Å². The Morgan fingerprint density at radius 3 is 2.21 bits per heavy atom.